The first-order chi connectivity index (χ1) is 13.8. The summed E-state index contributed by atoms with van der Waals surface area (Å²) in [5, 5.41) is 23.1. The molecule has 5 rings (SSSR count). The van der Waals surface area contributed by atoms with E-state index in [9.17, 15) is 10.2 Å². The molecule has 1 heterocycles. The molecule has 29 heavy (non-hydrogen) atoms. The lowest BCUT2D eigenvalue weighted by Gasteiger charge is -2.61. The maximum absolute atomic E-state index is 11.9. The van der Waals surface area contributed by atoms with Crippen LogP contribution in [0.25, 0.3) is 0 Å². The van der Waals surface area contributed by atoms with Gasteiger partial charge in [-0.2, -0.15) is 0 Å². The lowest BCUT2D eigenvalue weighted by Crippen LogP contribution is -2.57. The second-order valence-corrected chi connectivity index (χ2v) is 12.2. The van der Waals surface area contributed by atoms with Crippen LogP contribution in [0.1, 0.15) is 71.6 Å². The van der Waals surface area contributed by atoms with Gasteiger partial charge in [-0.3, -0.25) is 0 Å². The fraction of sp³-hybridized carbons (Fsp3) is 0.875. The van der Waals surface area contributed by atoms with Gasteiger partial charge in [0.1, 0.15) is 0 Å². The number of aliphatic hydroxyl groups is 2. The van der Waals surface area contributed by atoms with Gasteiger partial charge in [0.2, 0.25) is 0 Å². The zero-order chi connectivity index (χ0) is 20.4. The topological polar surface area (TPSA) is 58.3 Å². The van der Waals surface area contributed by atoms with Crippen LogP contribution in [0.2, 0.25) is 0 Å². The molecule has 4 saturated carbocycles. The Morgan fingerprint density at radius 3 is 2.66 bits per heavy atom. The monoisotopic (exact) mass is 418 g/mol. The average Bonchev–Trinajstić information content (AvgIpc) is 3.22. The van der Waals surface area contributed by atoms with Gasteiger partial charge in [-0.05, 0) is 86.9 Å². The highest BCUT2D eigenvalue weighted by Gasteiger charge is 2.64. The molecule has 162 valence electrons. The van der Waals surface area contributed by atoms with Crippen molar-refractivity contribution >= 4 is 11.8 Å². The number of hydrogen-bond donors (Lipinski definition) is 2. The Labute approximate surface area is 179 Å². The molecular formula is C24H38N2O2S. The highest BCUT2D eigenvalue weighted by molar-refractivity contribution is 7.99. The normalized spacial score (nSPS) is 49.3. The maximum atomic E-state index is 11.9. The standard InChI is InChI=1S/C24H38N2O2S/c1-22-9-6-17(27)14-16(22)4-5-18-19(22)7-10-23(2)20(18)8-11-24(23,28)15-29-21-25-12-13-26(21)3/h12-13,16-20,27-28H,4-11,14-15H2,1-3H3/t16-,17+,18-,19+,20+,22-,23-,24+/m0/s1. The van der Waals surface area contributed by atoms with Crippen molar-refractivity contribution in [2.24, 2.45) is 41.5 Å². The molecule has 1 aromatic rings. The van der Waals surface area contributed by atoms with E-state index in [4.69, 9.17) is 0 Å². The van der Waals surface area contributed by atoms with Crippen LogP contribution in [0.5, 0.6) is 0 Å². The van der Waals surface area contributed by atoms with Gasteiger partial charge in [-0.1, -0.05) is 25.6 Å². The summed E-state index contributed by atoms with van der Waals surface area (Å²) in [7, 11) is 2.03. The van der Waals surface area contributed by atoms with E-state index in [1.807, 2.05) is 19.4 Å². The van der Waals surface area contributed by atoms with Crippen LogP contribution >= 0.6 is 11.8 Å². The second-order valence-electron chi connectivity index (χ2n) is 11.2. The summed E-state index contributed by atoms with van der Waals surface area (Å²) < 4.78 is 2.05. The molecule has 0 amide bonds. The van der Waals surface area contributed by atoms with Crippen molar-refractivity contribution in [2.45, 2.75) is 88.5 Å². The predicted octanol–water partition coefficient (Wildman–Crippen LogP) is 4.65. The minimum absolute atomic E-state index is 0.0315. The largest absolute Gasteiger partial charge is 0.393 e. The summed E-state index contributed by atoms with van der Waals surface area (Å²) in [5.74, 6) is 3.66. The summed E-state index contributed by atoms with van der Waals surface area (Å²) in [6.07, 6.45) is 14.1. The number of rotatable bonds is 3. The quantitative estimate of drug-likeness (QED) is 0.702. The van der Waals surface area contributed by atoms with Gasteiger partial charge < -0.3 is 14.8 Å². The fourth-order valence-electron chi connectivity index (χ4n) is 8.26. The van der Waals surface area contributed by atoms with Gasteiger partial charge in [-0.15, -0.1) is 0 Å². The predicted molar refractivity (Wildman–Crippen MR) is 117 cm³/mol. The number of thioether (sulfide) groups is 1. The molecule has 4 aliphatic carbocycles. The van der Waals surface area contributed by atoms with Crippen molar-refractivity contribution in [1.29, 1.82) is 0 Å². The van der Waals surface area contributed by atoms with E-state index in [2.05, 4.69) is 23.4 Å². The Morgan fingerprint density at radius 1 is 1.10 bits per heavy atom. The highest BCUT2D eigenvalue weighted by Crippen LogP contribution is 2.68. The summed E-state index contributed by atoms with van der Waals surface area (Å²) in [5.41, 5.74) is -0.143. The Balaban J connectivity index is 1.36. The Morgan fingerprint density at radius 2 is 1.90 bits per heavy atom. The van der Waals surface area contributed by atoms with Gasteiger partial charge in [0.15, 0.2) is 5.16 Å². The average molecular weight is 419 g/mol. The molecule has 0 saturated heterocycles. The first kappa shape index (κ1) is 20.4. The molecule has 4 fully saturated rings. The zero-order valence-electron chi connectivity index (χ0n) is 18.3. The Bertz CT molecular complexity index is 768. The van der Waals surface area contributed by atoms with Crippen LogP contribution in [0.4, 0.5) is 0 Å². The third-order valence-electron chi connectivity index (χ3n) is 10.2. The van der Waals surface area contributed by atoms with Crippen LogP contribution in [-0.2, 0) is 7.05 Å². The van der Waals surface area contributed by atoms with E-state index >= 15 is 0 Å². The van der Waals surface area contributed by atoms with E-state index in [1.54, 1.807) is 11.8 Å². The smallest absolute Gasteiger partial charge is 0.167 e. The first-order valence-corrected chi connectivity index (χ1v) is 12.8. The fourth-order valence-corrected chi connectivity index (χ4v) is 9.50. The van der Waals surface area contributed by atoms with E-state index in [-0.39, 0.29) is 11.5 Å². The molecule has 4 nitrogen and oxygen atoms in total. The molecule has 0 bridgehead atoms. The van der Waals surface area contributed by atoms with Crippen LogP contribution in [0.3, 0.4) is 0 Å². The molecule has 0 spiro atoms. The van der Waals surface area contributed by atoms with E-state index in [0.29, 0.717) is 17.3 Å². The number of aromatic nitrogens is 2. The minimum Gasteiger partial charge on any atom is -0.393 e. The number of aryl methyl sites for hydroxylation is 1. The van der Waals surface area contributed by atoms with Crippen molar-refractivity contribution in [3.8, 4) is 0 Å². The molecule has 0 radical (unpaired) electrons. The van der Waals surface area contributed by atoms with Crippen LogP contribution in [0.15, 0.2) is 17.6 Å². The van der Waals surface area contributed by atoms with E-state index in [0.717, 1.165) is 48.4 Å². The van der Waals surface area contributed by atoms with E-state index < -0.39 is 5.60 Å². The SMILES string of the molecule is Cn1ccnc1SC[C@]1(O)CC[C@@H]2[C@H]3CC[C@H]4C[C@H](O)CC[C@]4(C)[C@@H]3CC[C@@]21C. The summed E-state index contributed by atoms with van der Waals surface area (Å²) >= 11 is 1.73. The van der Waals surface area contributed by atoms with Gasteiger partial charge in [0, 0.05) is 30.6 Å². The molecule has 1 aromatic heterocycles. The molecule has 4 aliphatic rings. The van der Waals surface area contributed by atoms with Gasteiger partial charge in [0.05, 0.1) is 11.7 Å². The first-order valence-electron chi connectivity index (χ1n) is 11.8. The lowest BCUT2D eigenvalue weighted by atomic mass is 9.44. The molecule has 0 aromatic carbocycles. The van der Waals surface area contributed by atoms with Crippen molar-refractivity contribution in [3.05, 3.63) is 12.4 Å². The molecule has 0 aliphatic heterocycles. The van der Waals surface area contributed by atoms with Gasteiger partial charge in [0.25, 0.3) is 0 Å². The number of nitrogens with zero attached hydrogens (tertiary/aromatic N) is 2. The Kier molecular flexibility index (Phi) is 4.92. The number of fused-ring (bicyclic) bond motifs is 5. The van der Waals surface area contributed by atoms with Crippen molar-refractivity contribution in [2.75, 3.05) is 5.75 Å². The number of imidazole rings is 1. The van der Waals surface area contributed by atoms with Gasteiger partial charge in [-0.25, -0.2) is 4.98 Å². The molecule has 5 heteroatoms. The second kappa shape index (κ2) is 7.00. The summed E-state index contributed by atoms with van der Waals surface area (Å²) in [6, 6.07) is 0. The number of hydrogen-bond acceptors (Lipinski definition) is 4. The van der Waals surface area contributed by atoms with Crippen LogP contribution in [-0.4, -0.2) is 37.2 Å². The van der Waals surface area contributed by atoms with E-state index in [1.165, 1.54) is 32.1 Å². The van der Waals surface area contributed by atoms with Crippen molar-refractivity contribution in [3.63, 3.8) is 0 Å². The molecule has 0 unspecified atom stereocenters. The van der Waals surface area contributed by atoms with Gasteiger partial charge >= 0.3 is 0 Å². The lowest BCUT2D eigenvalue weighted by molar-refractivity contribution is -0.152. The van der Waals surface area contributed by atoms with Crippen molar-refractivity contribution in [1.82, 2.24) is 9.55 Å². The zero-order valence-corrected chi connectivity index (χ0v) is 19.1. The third kappa shape index (κ3) is 2.97. The molecule has 2 N–H and O–H groups in total. The minimum atomic E-state index is -0.584. The molecule has 8 atom stereocenters. The summed E-state index contributed by atoms with van der Waals surface area (Å²) in [6.45, 7) is 4.94. The highest BCUT2D eigenvalue weighted by atomic mass is 32.2. The van der Waals surface area contributed by atoms with Crippen LogP contribution < -0.4 is 0 Å². The third-order valence-corrected chi connectivity index (χ3v) is 11.5. The Hall–Kier alpha value is -0.520. The van der Waals surface area contributed by atoms with Crippen LogP contribution in [0, 0.1) is 34.5 Å². The summed E-state index contributed by atoms with van der Waals surface area (Å²) in [4.78, 5) is 4.45. The molecular weight excluding hydrogens is 380 g/mol. The number of aliphatic hydroxyl groups excluding tert-OH is 1. The maximum Gasteiger partial charge on any atom is 0.167 e. The van der Waals surface area contributed by atoms with Crippen molar-refractivity contribution < 1.29 is 10.2 Å².